The largest absolute Gasteiger partial charge is 0.481 e. The Labute approximate surface area is 122 Å². The van der Waals surface area contributed by atoms with Gasteiger partial charge in [0.25, 0.3) is 0 Å². The molecule has 10 heteroatoms. The number of nitrogens with one attached hydrogen (secondary N) is 1. The van der Waals surface area contributed by atoms with Crippen LogP contribution in [0.1, 0.15) is 6.42 Å². The average Bonchev–Trinajstić information content (AvgIpc) is 2.32. The van der Waals surface area contributed by atoms with Crippen LogP contribution in [-0.4, -0.2) is 37.4 Å². The fraction of sp³-hybridized carbons (Fsp3) is 0.300. The number of hydrogen-bond donors (Lipinski definition) is 2. The van der Waals surface area contributed by atoms with Crippen LogP contribution >= 0.6 is 15.9 Å². The van der Waals surface area contributed by atoms with Crippen LogP contribution in [0.4, 0.5) is 14.5 Å². The molecular weight excluding hydrogens is 362 g/mol. The molecule has 0 saturated carbocycles. The third-order valence-corrected chi connectivity index (χ3v) is 4.39. The number of hydrogen-bond acceptors (Lipinski definition) is 3. The molecule has 6 nitrogen and oxygen atoms in total. The van der Waals surface area contributed by atoms with Gasteiger partial charge in [0.05, 0.1) is 16.6 Å². The number of carboxylic acids is 1. The highest BCUT2D eigenvalue weighted by Gasteiger charge is 2.20. The van der Waals surface area contributed by atoms with Crippen LogP contribution in [0.5, 0.6) is 0 Å². The Morgan fingerprint density at radius 3 is 2.55 bits per heavy atom. The highest BCUT2D eigenvalue weighted by molar-refractivity contribution is 9.10. The highest BCUT2D eigenvalue weighted by Crippen LogP contribution is 2.24. The zero-order valence-electron chi connectivity index (χ0n) is 10.2. The second-order valence-corrected chi connectivity index (χ2v) is 6.45. The third-order valence-electron chi connectivity index (χ3n) is 2.30. The minimum atomic E-state index is -4.12. The fourth-order valence-electron chi connectivity index (χ4n) is 1.19. The summed E-state index contributed by atoms with van der Waals surface area (Å²) in [5.41, 5.74) is -0.444. The van der Waals surface area contributed by atoms with E-state index < -0.39 is 39.9 Å². The molecule has 1 aromatic carbocycles. The monoisotopic (exact) mass is 372 g/mol. The first-order valence-electron chi connectivity index (χ1n) is 5.24. The lowest BCUT2D eigenvalue weighted by Gasteiger charge is -2.18. The molecule has 20 heavy (non-hydrogen) atoms. The molecule has 0 saturated heterocycles. The van der Waals surface area contributed by atoms with Gasteiger partial charge in [-0.3, -0.25) is 9.52 Å². The van der Waals surface area contributed by atoms with Crippen molar-refractivity contribution in [3.8, 4) is 0 Å². The van der Waals surface area contributed by atoms with Crippen molar-refractivity contribution in [3.05, 3.63) is 28.2 Å². The summed E-state index contributed by atoms with van der Waals surface area (Å²) in [7, 11) is -2.98. The van der Waals surface area contributed by atoms with E-state index in [1.54, 1.807) is 0 Å². The maximum atomic E-state index is 13.4. The lowest BCUT2D eigenvalue weighted by molar-refractivity contribution is -0.137. The van der Waals surface area contributed by atoms with Crippen LogP contribution in [0.2, 0.25) is 0 Å². The van der Waals surface area contributed by atoms with E-state index in [4.69, 9.17) is 5.11 Å². The Morgan fingerprint density at radius 2 is 2.00 bits per heavy atom. The first kappa shape index (κ1) is 16.8. The lowest BCUT2D eigenvalue weighted by Crippen LogP contribution is -2.34. The summed E-state index contributed by atoms with van der Waals surface area (Å²) in [4.78, 5) is 10.4. The minimum absolute atomic E-state index is 0.107. The van der Waals surface area contributed by atoms with Crippen molar-refractivity contribution in [1.82, 2.24) is 4.31 Å². The van der Waals surface area contributed by atoms with Crippen molar-refractivity contribution in [1.29, 1.82) is 0 Å². The van der Waals surface area contributed by atoms with E-state index in [2.05, 4.69) is 15.9 Å². The summed E-state index contributed by atoms with van der Waals surface area (Å²) in [5.74, 6) is -3.12. The number of rotatable bonds is 6. The van der Waals surface area contributed by atoms with Gasteiger partial charge in [-0.2, -0.15) is 12.7 Å². The van der Waals surface area contributed by atoms with Crippen molar-refractivity contribution in [3.63, 3.8) is 0 Å². The number of nitrogens with zero attached hydrogens (tertiary/aromatic N) is 1. The molecule has 1 aromatic rings. The lowest BCUT2D eigenvalue weighted by atomic mass is 10.3. The van der Waals surface area contributed by atoms with E-state index >= 15 is 0 Å². The predicted octanol–water partition coefficient (Wildman–Crippen LogP) is 1.79. The fourth-order valence-corrected chi connectivity index (χ4v) is 2.46. The summed E-state index contributed by atoms with van der Waals surface area (Å²) in [6.07, 6.45) is -0.396. The molecule has 0 heterocycles. The van der Waals surface area contributed by atoms with E-state index in [9.17, 15) is 22.0 Å². The molecule has 0 atom stereocenters. The number of aliphatic carboxylic acids is 1. The number of halogens is 3. The van der Waals surface area contributed by atoms with Crippen molar-refractivity contribution in [2.24, 2.45) is 0 Å². The van der Waals surface area contributed by atoms with Crippen molar-refractivity contribution in [2.75, 3.05) is 18.3 Å². The Morgan fingerprint density at radius 1 is 1.40 bits per heavy atom. The number of anilines is 1. The van der Waals surface area contributed by atoms with Crippen LogP contribution in [0.25, 0.3) is 0 Å². The molecular formula is C10H11BrF2N2O4S. The van der Waals surface area contributed by atoms with Crippen LogP contribution in [-0.2, 0) is 15.0 Å². The first-order valence-corrected chi connectivity index (χ1v) is 7.47. The maximum absolute atomic E-state index is 13.4. The second-order valence-electron chi connectivity index (χ2n) is 3.82. The van der Waals surface area contributed by atoms with E-state index in [0.29, 0.717) is 6.07 Å². The van der Waals surface area contributed by atoms with E-state index in [-0.39, 0.29) is 11.0 Å². The van der Waals surface area contributed by atoms with Gasteiger partial charge in [-0.15, -0.1) is 0 Å². The van der Waals surface area contributed by atoms with Crippen molar-refractivity contribution in [2.45, 2.75) is 6.42 Å². The molecule has 0 spiro atoms. The van der Waals surface area contributed by atoms with Gasteiger partial charge in [0.2, 0.25) is 0 Å². The molecule has 0 fully saturated rings. The molecule has 0 aliphatic rings. The van der Waals surface area contributed by atoms with Gasteiger partial charge in [-0.25, -0.2) is 8.78 Å². The van der Waals surface area contributed by atoms with Gasteiger partial charge in [0.15, 0.2) is 0 Å². The SMILES string of the molecule is CN(CCC(=O)O)S(=O)(=O)Nc1cc(Br)c(F)cc1F. The second kappa shape index (κ2) is 6.46. The topological polar surface area (TPSA) is 86.7 Å². The molecule has 0 aromatic heterocycles. The normalized spacial score (nSPS) is 11.7. The Hall–Kier alpha value is -1.26. The molecule has 0 unspecified atom stereocenters. The number of carboxylic acid groups (broad SMARTS) is 1. The summed E-state index contributed by atoms with van der Waals surface area (Å²) in [6.45, 7) is -0.283. The molecule has 0 amide bonds. The maximum Gasteiger partial charge on any atom is 0.304 e. The molecule has 1 rings (SSSR count). The van der Waals surface area contributed by atoms with Gasteiger partial charge in [0, 0.05) is 19.7 Å². The zero-order chi connectivity index (χ0) is 15.5. The number of benzene rings is 1. The van der Waals surface area contributed by atoms with Crippen LogP contribution in [0.15, 0.2) is 16.6 Å². The molecule has 112 valence electrons. The molecule has 0 bridgehead atoms. The Kier molecular flexibility index (Phi) is 5.42. The average molecular weight is 373 g/mol. The van der Waals surface area contributed by atoms with Gasteiger partial charge in [0.1, 0.15) is 11.6 Å². The van der Waals surface area contributed by atoms with Crippen molar-refractivity contribution < 1.29 is 27.1 Å². The van der Waals surface area contributed by atoms with Gasteiger partial charge < -0.3 is 5.11 Å². The zero-order valence-corrected chi connectivity index (χ0v) is 12.6. The molecule has 0 radical (unpaired) electrons. The Balaban J connectivity index is 2.91. The minimum Gasteiger partial charge on any atom is -0.481 e. The predicted molar refractivity (Wildman–Crippen MR) is 71.5 cm³/mol. The van der Waals surface area contributed by atoms with Crippen LogP contribution in [0, 0.1) is 11.6 Å². The van der Waals surface area contributed by atoms with E-state index in [0.717, 1.165) is 17.4 Å². The van der Waals surface area contributed by atoms with Gasteiger partial charge in [-0.1, -0.05) is 0 Å². The summed E-state index contributed by atoms with van der Waals surface area (Å²) < 4.78 is 52.6. The number of carbonyl (C=O) groups is 1. The Bertz CT molecular complexity index is 624. The van der Waals surface area contributed by atoms with Gasteiger partial charge in [-0.05, 0) is 22.0 Å². The molecule has 0 aliphatic carbocycles. The smallest absolute Gasteiger partial charge is 0.304 e. The van der Waals surface area contributed by atoms with Crippen LogP contribution < -0.4 is 4.72 Å². The summed E-state index contributed by atoms with van der Waals surface area (Å²) in [5, 5.41) is 8.48. The van der Waals surface area contributed by atoms with E-state index in [1.165, 1.54) is 0 Å². The quantitative estimate of drug-likeness (QED) is 0.745. The van der Waals surface area contributed by atoms with Gasteiger partial charge >= 0.3 is 16.2 Å². The molecule has 0 aliphatic heterocycles. The standard InChI is InChI=1S/C10H11BrF2N2O4S/c1-15(3-2-10(16)17)20(18,19)14-9-4-6(11)7(12)5-8(9)13/h4-5,14H,2-3H2,1H3,(H,16,17). The summed E-state index contributed by atoms with van der Waals surface area (Å²) >= 11 is 2.81. The van der Waals surface area contributed by atoms with Crippen molar-refractivity contribution >= 4 is 37.8 Å². The molecule has 2 N–H and O–H groups in total. The highest BCUT2D eigenvalue weighted by atomic mass is 79.9. The van der Waals surface area contributed by atoms with E-state index in [1.807, 2.05) is 4.72 Å². The van der Waals surface area contributed by atoms with Crippen LogP contribution in [0.3, 0.4) is 0 Å². The summed E-state index contributed by atoms with van der Waals surface area (Å²) in [6, 6.07) is 1.46. The third kappa shape index (κ3) is 4.39. The first-order chi connectivity index (χ1) is 9.13.